The van der Waals surface area contributed by atoms with Gasteiger partial charge in [0.1, 0.15) is 5.75 Å². The van der Waals surface area contributed by atoms with Crippen LogP contribution in [0.1, 0.15) is 48.9 Å². The Morgan fingerprint density at radius 1 is 0.929 bits per heavy atom. The van der Waals surface area contributed by atoms with Crippen LogP contribution in [0.15, 0.2) is 53.4 Å². The number of anilines is 1. The standard InChI is InChI=1S/C21H26N2O4S/c1-27-19-12-14-20(15-13-19)28(25,26)23-18-10-8-16(9-11-18)21(24)22-17-6-4-2-3-5-7-17/h8-15,17,23H,2-7H2,1H3,(H,22,24). The van der Waals surface area contributed by atoms with Gasteiger partial charge in [0.25, 0.3) is 15.9 Å². The van der Waals surface area contributed by atoms with Crippen LogP contribution in [0.5, 0.6) is 5.75 Å². The number of rotatable bonds is 6. The molecule has 0 unspecified atom stereocenters. The maximum absolute atomic E-state index is 12.5. The fourth-order valence-corrected chi connectivity index (χ4v) is 4.41. The summed E-state index contributed by atoms with van der Waals surface area (Å²) in [6.07, 6.45) is 6.80. The number of sulfonamides is 1. The monoisotopic (exact) mass is 402 g/mol. The predicted molar refractivity (Wildman–Crippen MR) is 109 cm³/mol. The van der Waals surface area contributed by atoms with Gasteiger partial charge < -0.3 is 10.1 Å². The average Bonchev–Trinajstić information content (AvgIpc) is 2.97. The third-order valence-electron chi connectivity index (χ3n) is 4.96. The van der Waals surface area contributed by atoms with E-state index in [1.807, 2.05) is 0 Å². The van der Waals surface area contributed by atoms with Crippen LogP contribution in [0.3, 0.4) is 0 Å². The second-order valence-electron chi connectivity index (χ2n) is 7.02. The van der Waals surface area contributed by atoms with E-state index in [9.17, 15) is 13.2 Å². The molecule has 0 spiro atoms. The molecule has 0 bridgehead atoms. The van der Waals surface area contributed by atoms with Crippen LogP contribution >= 0.6 is 0 Å². The van der Waals surface area contributed by atoms with Crippen molar-refractivity contribution < 1.29 is 17.9 Å². The molecule has 0 radical (unpaired) electrons. The van der Waals surface area contributed by atoms with E-state index in [0.29, 0.717) is 17.0 Å². The van der Waals surface area contributed by atoms with Crippen LogP contribution < -0.4 is 14.8 Å². The molecular weight excluding hydrogens is 376 g/mol. The number of nitrogens with one attached hydrogen (secondary N) is 2. The summed E-state index contributed by atoms with van der Waals surface area (Å²) in [5, 5.41) is 3.09. The van der Waals surface area contributed by atoms with Crippen LogP contribution in [0, 0.1) is 0 Å². The molecule has 6 nitrogen and oxygen atoms in total. The molecular formula is C21H26N2O4S. The van der Waals surface area contributed by atoms with Gasteiger partial charge in [-0.1, -0.05) is 25.7 Å². The molecule has 1 aliphatic rings. The van der Waals surface area contributed by atoms with Gasteiger partial charge in [-0.2, -0.15) is 0 Å². The lowest BCUT2D eigenvalue weighted by molar-refractivity contribution is 0.0933. The Balaban J connectivity index is 1.63. The Hall–Kier alpha value is -2.54. The Kier molecular flexibility index (Phi) is 6.57. The summed E-state index contributed by atoms with van der Waals surface area (Å²) in [6.45, 7) is 0. The zero-order valence-corrected chi connectivity index (χ0v) is 16.8. The van der Waals surface area contributed by atoms with Gasteiger partial charge in [0.15, 0.2) is 0 Å². The van der Waals surface area contributed by atoms with Crippen LogP contribution in [-0.4, -0.2) is 27.5 Å². The maximum Gasteiger partial charge on any atom is 0.261 e. The lowest BCUT2D eigenvalue weighted by Crippen LogP contribution is -2.34. The molecule has 0 aromatic heterocycles. The minimum absolute atomic E-state index is 0.114. The van der Waals surface area contributed by atoms with Crippen molar-refractivity contribution >= 4 is 21.6 Å². The van der Waals surface area contributed by atoms with Crippen molar-refractivity contribution in [3.8, 4) is 5.75 Å². The van der Waals surface area contributed by atoms with E-state index in [0.717, 1.165) is 25.7 Å². The largest absolute Gasteiger partial charge is 0.497 e. The minimum Gasteiger partial charge on any atom is -0.497 e. The second-order valence-corrected chi connectivity index (χ2v) is 8.70. The van der Waals surface area contributed by atoms with Crippen LogP contribution in [0.2, 0.25) is 0 Å². The fourth-order valence-electron chi connectivity index (χ4n) is 3.35. The molecule has 1 aliphatic carbocycles. The van der Waals surface area contributed by atoms with E-state index in [1.165, 1.54) is 32.1 Å². The first-order chi connectivity index (χ1) is 13.5. The highest BCUT2D eigenvalue weighted by atomic mass is 32.2. The van der Waals surface area contributed by atoms with E-state index in [1.54, 1.807) is 36.4 Å². The molecule has 0 aliphatic heterocycles. The average molecular weight is 403 g/mol. The van der Waals surface area contributed by atoms with Gasteiger partial charge in [-0.15, -0.1) is 0 Å². The quantitative estimate of drug-likeness (QED) is 0.717. The third kappa shape index (κ3) is 5.25. The van der Waals surface area contributed by atoms with E-state index in [-0.39, 0.29) is 16.8 Å². The molecule has 2 aromatic carbocycles. The summed E-state index contributed by atoms with van der Waals surface area (Å²) in [4.78, 5) is 12.6. The van der Waals surface area contributed by atoms with E-state index in [4.69, 9.17) is 4.74 Å². The molecule has 0 heterocycles. The first-order valence-electron chi connectivity index (χ1n) is 9.56. The highest BCUT2D eigenvalue weighted by Gasteiger charge is 2.17. The number of carbonyl (C=O) groups is 1. The summed E-state index contributed by atoms with van der Waals surface area (Å²) < 4.78 is 32.5. The molecule has 1 fully saturated rings. The lowest BCUT2D eigenvalue weighted by atomic mass is 10.1. The summed E-state index contributed by atoms with van der Waals surface area (Å²) >= 11 is 0. The summed E-state index contributed by atoms with van der Waals surface area (Å²) in [5.74, 6) is 0.472. The van der Waals surface area contributed by atoms with Crippen molar-refractivity contribution in [1.29, 1.82) is 0 Å². The normalized spacial score (nSPS) is 15.5. The first kappa shape index (κ1) is 20.2. The van der Waals surface area contributed by atoms with Gasteiger partial charge in [0.2, 0.25) is 0 Å². The third-order valence-corrected chi connectivity index (χ3v) is 6.36. The molecule has 2 aromatic rings. The number of hydrogen-bond donors (Lipinski definition) is 2. The Labute approximate surface area is 166 Å². The number of methoxy groups -OCH3 is 1. The molecule has 0 atom stereocenters. The van der Waals surface area contributed by atoms with Crippen molar-refractivity contribution in [2.24, 2.45) is 0 Å². The van der Waals surface area contributed by atoms with E-state index in [2.05, 4.69) is 10.0 Å². The minimum atomic E-state index is -3.70. The molecule has 28 heavy (non-hydrogen) atoms. The Morgan fingerprint density at radius 2 is 1.54 bits per heavy atom. The van der Waals surface area contributed by atoms with Gasteiger partial charge in [-0.05, 0) is 61.4 Å². The van der Waals surface area contributed by atoms with Crippen molar-refractivity contribution in [3.05, 3.63) is 54.1 Å². The van der Waals surface area contributed by atoms with Crippen molar-refractivity contribution in [1.82, 2.24) is 5.32 Å². The zero-order chi connectivity index (χ0) is 20.0. The van der Waals surface area contributed by atoms with Gasteiger partial charge >= 0.3 is 0 Å². The van der Waals surface area contributed by atoms with Gasteiger partial charge in [-0.25, -0.2) is 8.42 Å². The molecule has 150 valence electrons. The molecule has 1 saturated carbocycles. The van der Waals surface area contributed by atoms with Crippen molar-refractivity contribution in [2.45, 2.75) is 49.5 Å². The molecule has 7 heteroatoms. The molecule has 1 amide bonds. The van der Waals surface area contributed by atoms with Gasteiger partial charge in [0.05, 0.1) is 12.0 Å². The molecule has 3 rings (SSSR count). The Morgan fingerprint density at radius 3 is 2.11 bits per heavy atom. The van der Waals surface area contributed by atoms with E-state index >= 15 is 0 Å². The van der Waals surface area contributed by atoms with E-state index < -0.39 is 10.0 Å². The van der Waals surface area contributed by atoms with Gasteiger partial charge in [-0.3, -0.25) is 9.52 Å². The topological polar surface area (TPSA) is 84.5 Å². The van der Waals surface area contributed by atoms with Crippen LogP contribution in [0.25, 0.3) is 0 Å². The summed E-state index contributed by atoms with van der Waals surface area (Å²) in [7, 11) is -2.18. The fraction of sp³-hybridized carbons (Fsp3) is 0.381. The second kappa shape index (κ2) is 9.10. The molecule has 2 N–H and O–H groups in total. The predicted octanol–water partition coefficient (Wildman–Crippen LogP) is 3.95. The van der Waals surface area contributed by atoms with Crippen molar-refractivity contribution in [3.63, 3.8) is 0 Å². The van der Waals surface area contributed by atoms with Crippen LogP contribution in [-0.2, 0) is 10.0 Å². The number of hydrogen-bond acceptors (Lipinski definition) is 4. The zero-order valence-electron chi connectivity index (χ0n) is 16.0. The highest BCUT2D eigenvalue weighted by molar-refractivity contribution is 7.92. The SMILES string of the molecule is COc1ccc(S(=O)(=O)Nc2ccc(C(=O)NC3CCCCCC3)cc2)cc1. The highest BCUT2D eigenvalue weighted by Crippen LogP contribution is 2.20. The van der Waals surface area contributed by atoms with Gasteiger partial charge in [0, 0.05) is 17.3 Å². The molecule has 0 saturated heterocycles. The van der Waals surface area contributed by atoms with Crippen molar-refractivity contribution in [2.75, 3.05) is 11.8 Å². The number of carbonyl (C=O) groups excluding carboxylic acids is 1. The lowest BCUT2D eigenvalue weighted by Gasteiger charge is -2.16. The van der Waals surface area contributed by atoms with Crippen LogP contribution in [0.4, 0.5) is 5.69 Å². The number of amides is 1. The smallest absolute Gasteiger partial charge is 0.261 e. The Bertz CT molecular complexity index is 885. The first-order valence-corrected chi connectivity index (χ1v) is 11.0. The summed E-state index contributed by atoms with van der Waals surface area (Å²) in [6, 6.07) is 12.8. The number of benzene rings is 2. The summed E-state index contributed by atoms with van der Waals surface area (Å²) in [5.41, 5.74) is 0.929. The number of ether oxygens (including phenoxy) is 1. The maximum atomic E-state index is 12.5.